The second-order valence-corrected chi connectivity index (χ2v) is 2.83. The number of anilines is 1. The first-order valence-electron chi connectivity index (χ1n) is 3.61. The first-order valence-corrected chi connectivity index (χ1v) is 3.99. The van der Waals surface area contributed by atoms with Crippen molar-refractivity contribution in [2.75, 3.05) is 11.9 Å². The second-order valence-electron chi connectivity index (χ2n) is 2.42. The lowest BCUT2D eigenvalue weighted by atomic mass is 10.3. The largest absolute Gasteiger partial charge is 0.446 e. The van der Waals surface area contributed by atoms with E-state index in [1.54, 1.807) is 31.3 Å². The van der Waals surface area contributed by atoms with Crippen LogP contribution in [-0.4, -0.2) is 13.1 Å². The van der Waals surface area contributed by atoms with Crippen molar-refractivity contribution in [3.8, 4) is 0 Å². The summed E-state index contributed by atoms with van der Waals surface area (Å²) in [4.78, 5) is 12.3. The van der Waals surface area contributed by atoms with E-state index in [0.717, 1.165) is 0 Å². The molecule has 0 aromatic heterocycles. The standard InChI is InChI=1S/C9H9ClNO2/c1-11(9(12)13-2)8-6-4-3-5-7(8)10/h3-6H,2H2,1H3. The summed E-state index contributed by atoms with van der Waals surface area (Å²) in [5, 5.41) is 0.496. The molecular formula is C9H9ClNO2. The fourth-order valence-corrected chi connectivity index (χ4v) is 1.18. The fraction of sp³-hybridized carbons (Fsp3) is 0.111. The number of nitrogens with zero attached hydrogens (tertiary/aromatic N) is 1. The monoisotopic (exact) mass is 198 g/mol. The molecular weight excluding hydrogens is 190 g/mol. The molecule has 0 spiro atoms. The predicted molar refractivity (Wildman–Crippen MR) is 51.7 cm³/mol. The third-order valence-electron chi connectivity index (χ3n) is 1.61. The van der Waals surface area contributed by atoms with E-state index in [2.05, 4.69) is 11.8 Å². The Labute approximate surface area is 81.9 Å². The molecule has 0 fully saturated rings. The smallest absolute Gasteiger partial charge is 0.414 e. The highest BCUT2D eigenvalue weighted by atomic mass is 35.5. The average Bonchev–Trinajstić information content (AvgIpc) is 2.16. The van der Waals surface area contributed by atoms with Crippen molar-refractivity contribution >= 4 is 23.4 Å². The van der Waals surface area contributed by atoms with Crippen molar-refractivity contribution in [1.82, 2.24) is 0 Å². The van der Waals surface area contributed by atoms with Gasteiger partial charge >= 0.3 is 6.09 Å². The van der Waals surface area contributed by atoms with E-state index in [9.17, 15) is 4.79 Å². The number of ether oxygens (including phenoxy) is 1. The van der Waals surface area contributed by atoms with Gasteiger partial charge in [-0.15, -0.1) is 0 Å². The molecule has 0 bridgehead atoms. The summed E-state index contributed by atoms with van der Waals surface area (Å²) in [5.41, 5.74) is 0.595. The molecule has 0 aliphatic heterocycles. The lowest BCUT2D eigenvalue weighted by Gasteiger charge is -2.16. The third kappa shape index (κ3) is 2.12. The van der Waals surface area contributed by atoms with E-state index in [1.807, 2.05) is 0 Å². The number of benzene rings is 1. The zero-order valence-electron chi connectivity index (χ0n) is 7.16. The number of para-hydroxylation sites is 1. The van der Waals surface area contributed by atoms with Crippen molar-refractivity contribution in [1.29, 1.82) is 0 Å². The van der Waals surface area contributed by atoms with Gasteiger partial charge < -0.3 is 4.74 Å². The zero-order valence-corrected chi connectivity index (χ0v) is 7.91. The van der Waals surface area contributed by atoms with Gasteiger partial charge in [-0.25, -0.2) is 4.79 Å². The summed E-state index contributed by atoms with van der Waals surface area (Å²) >= 11 is 5.85. The first kappa shape index (κ1) is 9.86. The van der Waals surface area contributed by atoms with E-state index in [1.165, 1.54) is 4.90 Å². The van der Waals surface area contributed by atoms with Gasteiger partial charge in [0.05, 0.1) is 10.7 Å². The number of amides is 1. The molecule has 69 valence electrons. The summed E-state index contributed by atoms with van der Waals surface area (Å²) in [6.45, 7) is 0. The molecule has 0 saturated heterocycles. The number of rotatable bonds is 1. The topological polar surface area (TPSA) is 29.5 Å². The van der Waals surface area contributed by atoms with Crippen LogP contribution in [0.1, 0.15) is 0 Å². The molecule has 0 unspecified atom stereocenters. The lowest BCUT2D eigenvalue weighted by Crippen LogP contribution is -2.25. The molecule has 1 amide bonds. The minimum atomic E-state index is -0.548. The van der Waals surface area contributed by atoms with Crippen molar-refractivity contribution in [3.63, 3.8) is 0 Å². The van der Waals surface area contributed by atoms with Crippen LogP contribution >= 0.6 is 11.6 Å². The molecule has 1 rings (SSSR count). The Bertz CT molecular complexity index is 314. The van der Waals surface area contributed by atoms with Crippen LogP contribution < -0.4 is 4.90 Å². The summed E-state index contributed by atoms with van der Waals surface area (Å²) in [7, 11) is 4.59. The molecule has 3 nitrogen and oxygen atoms in total. The third-order valence-corrected chi connectivity index (χ3v) is 1.93. The van der Waals surface area contributed by atoms with E-state index >= 15 is 0 Å². The molecule has 0 saturated carbocycles. The fourth-order valence-electron chi connectivity index (χ4n) is 0.919. The van der Waals surface area contributed by atoms with Crippen LogP contribution in [0.2, 0.25) is 5.02 Å². The Hall–Kier alpha value is -1.22. The van der Waals surface area contributed by atoms with E-state index in [0.29, 0.717) is 10.7 Å². The summed E-state index contributed by atoms with van der Waals surface area (Å²) in [6.07, 6.45) is -0.548. The molecule has 1 aromatic carbocycles. The van der Waals surface area contributed by atoms with Gasteiger partial charge in [-0.2, -0.15) is 0 Å². The minimum Gasteiger partial charge on any atom is -0.446 e. The highest BCUT2D eigenvalue weighted by Crippen LogP contribution is 2.24. The van der Waals surface area contributed by atoms with Gasteiger partial charge in [-0.05, 0) is 12.1 Å². The molecule has 0 N–H and O–H groups in total. The maximum absolute atomic E-state index is 11.0. The van der Waals surface area contributed by atoms with Gasteiger partial charge in [0.15, 0.2) is 0 Å². The van der Waals surface area contributed by atoms with Gasteiger partial charge in [0.1, 0.15) is 7.11 Å². The van der Waals surface area contributed by atoms with Gasteiger partial charge in [-0.1, -0.05) is 23.7 Å². The first-order chi connectivity index (χ1) is 6.16. The SMILES string of the molecule is [CH2]OC(=O)N(C)c1ccccc1Cl. The lowest BCUT2D eigenvalue weighted by molar-refractivity contribution is 0.192. The molecule has 0 aliphatic carbocycles. The van der Waals surface area contributed by atoms with Crippen LogP contribution in [-0.2, 0) is 4.74 Å². The predicted octanol–water partition coefficient (Wildman–Crippen LogP) is 2.70. The number of halogens is 1. The van der Waals surface area contributed by atoms with E-state index in [-0.39, 0.29) is 0 Å². The Morgan fingerprint density at radius 2 is 2.15 bits per heavy atom. The Balaban J connectivity index is 2.95. The highest BCUT2D eigenvalue weighted by molar-refractivity contribution is 6.33. The van der Waals surface area contributed by atoms with Crippen LogP contribution in [0.5, 0.6) is 0 Å². The van der Waals surface area contributed by atoms with Crippen molar-refractivity contribution in [2.24, 2.45) is 0 Å². The van der Waals surface area contributed by atoms with Gasteiger partial charge in [0.25, 0.3) is 0 Å². The zero-order chi connectivity index (χ0) is 9.84. The average molecular weight is 199 g/mol. The molecule has 0 atom stereocenters. The molecule has 0 heterocycles. The van der Waals surface area contributed by atoms with Gasteiger partial charge in [-0.3, -0.25) is 4.90 Å². The maximum Gasteiger partial charge on any atom is 0.414 e. The molecule has 4 heteroatoms. The Kier molecular flexibility index (Phi) is 3.14. The summed E-state index contributed by atoms with van der Waals surface area (Å²) in [6, 6.07) is 6.99. The second kappa shape index (κ2) is 4.14. The normalized spacial score (nSPS) is 9.46. The maximum atomic E-state index is 11.0. The molecule has 1 radical (unpaired) electrons. The Morgan fingerprint density at radius 1 is 1.54 bits per heavy atom. The van der Waals surface area contributed by atoms with Crippen LogP contribution in [0.15, 0.2) is 24.3 Å². The van der Waals surface area contributed by atoms with Crippen LogP contribution in [0, 0.1) is 7.11 Å². The summed E-state index contributed by atoms with van der Waals surface area (Å²) < 4.78 is 4.30. The van der Waals surface area contributed by atoms with Crippen molar-refractivity contribution < 1.29 is 9.53 Å². The molecule has 0 aliphatic rings. The Morgan fingerprint density at radius 3 is 2.69 bits per heavy atom. The number of hydrogen-bond acceptors (Lipinski definition) is 2. The van der Waals surface area contributed by atoms with Crippen molar-refractivity contribution in [3.05, 3.63) is 36.4 Å². The number of hydrogen-bond donors (Lipinski definition) is 0. The number of carbonyl (C=O) groups is 1. The quantitative estimate of drug-likeness (QED) is 0.695. The van der Waals surface area contributed by atoms with Gasteiger partial charge in [0.2, 0.25) is 0 Å². The van der Waals surface area contributed by atoms with E-state index in [4.69, 9.17) is 11.6 Å². The number of carbonyl (C=O) groups excluding carboxylic acids is 1. The van der Waals surface area contributed by atoms with E-state index < -0.39 is 6.09 Å². The van der Waals surface area contributed by atoms with Crippen molar-refractivity contribution in [2.45, 2.75) is 0 Å². The van der Waals surface area contributed by atoms with Crippen LogP contribution in [0.3, 0.4) is 0 Å². The van der Waals surface area contributed by atoms with Crippen LogP contribution in [0.4, 0.5) is 10.5 Å². The molecule has 13 heavy (non-hydrogen) atoms. The summed E-state index contributed by atoms with van der Waals surface area (Å²) in [5.74, 6) is 0. The molecule has 1 aromatic rings. The van der Waals surface area contributed by atoms with Crippen LogP contribution in [0.25, 0.3) is 0 Å². The highest BCUT2D eigenvalue weighted by Gasteiger charge is 2.12. The minimum absolute atomic E-state index is 0.496. The van der Waals surface area contributed by atoms with Gasteiger partial charge in [0, 0.05) is 7.05 Å².